The van der Waals surface area contributed by atoms with E-state index in [0.717, 1.165) is 0 Å². The number of hydrogen-bond donors (Lipinski definition) is 4. The van der Waals surface area contributed by atoms with Crippen molar-refractivity contribution in [3.8, 4) is 0 Å². The molecule has 1 saturated heterocycles. The molecule has 8 heteroatoms. The van der Waals surface area contributed by atoms with Crippen LogP contribution in [0.2, 0.25) is 0 Å². The number of rotatable bonds is 2. The van der Waals surface area contributed by atoms with Crippen LogP contribution in [0.1, 0.15) is 6.92 Å². The smallest absolute Gasteiger partial charge is 0.305 e. The fraction of sp³-hybridized carbons (Fsp3) is 0.875. The highest BCUT2D eigenvalue weighted by Crippen LogP contribution is 2.19. The molecule has 1 fully saturated rings. The highest BCUT2D eigenvalue weighted by molar-refractivity contribution is 5.66. The highest BCUT2D eigenvalue weighted by atomic mass is 35.5. The quantitative estimate of drug-likeness (QED) is 0.365. The van der Waals surface area contributed by atoms with Crippen LogP contribution in [0.5, 0.6) is 0 Å². The van der Waals surface area contributed by atoms with Crippen molar-refractivity contribution in [2.24, 2.45) is 0 Å². The molecule has 16 heavy (non-hydrogen) atoms. The number of aliphatic hydroxyl groups excluding tert-OH is 3. The van der Waals surface area contributed by atoms with Gasteiger partial charge in [0.25, 0.3) is 6.29 Å². The average molecular weight is 258 g/mol. The van der Waals surface area contributed by atoms with Crippen LogP contribution in [0, 0.1) is 0 Å². The SMILES string of the molecule is CC(=O)OC1O[C@H](CO)[C@H](O)[C@H](O)[C@H]1[NH3+].[Cl-]. The van der Waals surface area contributed by atoms with Gasteiger partial charge in [-0.15, -0.1) is 0 Å². The van der Waals surface area contributed by atoms with Gasteiger partial charge < -0.3 is 42.9 Å². The lowest BCUT2D eigenvalue weighted by Crippen LogP contribution is -3.00. The lowest BCUT2D eigenvalue weighted by atomic mass is 9.98. The summed E-state index contributed by atoms with van der Waals surface area (Å²) in [5.74, 6) is -0.575. The molecule has 0 aromatic heterocycles. The van der Waals surface area contributed by atoms with Crippen molar-refractivity contribution in [1.29, 1.82) is 0 Å². The fourth-order valence-electron chi connectivity index (χ4n) is 1.42. The van der Waals surface area contributed by atoms with Gasteiger partial charge in [-0.3, -0.25) is 4.79 Å². The van der Waals surface area contributed by atoms with Gasteiger partial charge in [-0.05, 0) is 0 Å². The van der Waals surface area contributed by atoms with Crippen LogP contribution in [0.15, 0.2) is 0 Å². The van der Waals surface area contributed by atoms with Crippen molar-refractivity contribution >= 4 is 5.97 Å². The summed E-state index contributed by atoms with van der Waals surface area (Å²) < 4.78 is 9.82. The van der Waals surface area contributed by atoms with Gasteiger partial charge in [0.15, 0.2) is 6.04 Å². The standard InChI is InChI=1S/C8H15NO6.ClH/c1-3(11)14-8-5(9)7(13)6(12)4(2-10)15-8;/h4-8,10,12-13H,2,9H2,1H3;1H/t4-,5-,6+,7-,8?;/m1./s1. The molecule has 1 unspecified atom stereocenters. The number of carbonyl (C=O) groups is 1. The van der Waals surface area contributed by atoms with Gasteiger partial charge in [0.2, 0.25) is 0 Å². The lowest BCUT2D eigenvalue weighted by Gasteiger charge is -2.37. The maximum atomic E-state index is 10.7. The van der Waals surface area contributed by atoms with E-state index in [0.29, 0.717) is 0 Å². The Balaban J connectivity index is 0.00000225. The summed E-state index contributed by atoms with van der Waals surface area (Å²) in [4.78, 5) is 10.7. The van der Waals surface area contributed by atoms with Crippen molar-refractivity contribution in [1.82, 2.24) is 0 Å². The number of carbonyl (C=O) groups excluding carboxylic acids is 1. The molecule has 0 spiro atoms. The van der Waals surface area contributed by atoms with Crippen LogP contribution in [-0.4, -0.2) is 58.5 Å². The first-order valence-electron chi connectivity index (χ1n) is 4.60. The zero-order valence-corrected chi connectivity index (χ0v) is 9.50. The predicted octanol–water partition coefficient (Wildman–Crippen LogP) is -6.40. The van der Waals surface area contributed by atoms with Crippen LogP contribution >= 0.6 is 0 Å². The maximum absolute atomic E-state index is 10.7. The fourth-order valence-corrected chi connectivity index (χ4v) is 1.42. The molecule has 1 aliphatic rings. The minimum Gasteiger partial charge on any atom is -1.00 e. The molecule has 0 aromatic rings. The van der Waals surface area contributed by atoms with Crippen LogP contribution in [-0.2, 0) is 14.3 Å². The second kappa shape index (κ2) is 6.33. The number of ether oxygens (including phenoxy) is 2. The molecule has 96 valence electrons. The number of esters is 1. The van der Waals surface area contributed by atoms with Gasteiger partial charge in [0.05, 0.1) is 6.61 Å². The molecular weight excluding hydrogens is 242 g/mol. The third kappa shape index (κ3) is 3.27. The number of halogens is 1. The molecular formula is C8H16ClNO6. The Labute approximate surface area is 98.6 Å². The number of quaternary nitrogens is 1. The van der Waals surface area contributed by atoms with Gasteiger partial charge in [-0.25, -0.2) is 0 Å². The van der Waals surface area contributed by atoms with Gasteiger partial charge in [0.1, 0.15) is 18.3 Å². The van der Waals surface area contributed by atoms with Gasteiger partial charge in [0, 0.05) is 6.92 Å². The van der Waals surface area contributed by atoms with Crippen molar-refractivity contribution in [3.05, 3.63) is 0 Å². The van der Waals surface area contributed by atoms with E-state index in [2.05, 4.69) is 5.73 Å². The summed E-state index contributed by atoms with van der Waals surface area (Å²) in [5.41, 5.74) is 3.54. The molecule has 1 rings (SSSR count). The van der Waals surface area contributed by atoms with Crippen molar-refractivity contribution in [3.63, 3.8) is 0 Å². The molecule has 0 bridgehead atoms. The third-order valence-corrected chi connectivity index (χ3v) is 2.29. The van der Waals surface area contributed by atoms with Crippen molar-refractivity contribution in [2.75, 3.05) is 6.61 Å². The van der Waals surface area contributed by atoms with Gasteiger partial charge >= 0.3 is 5.97 Å². The number of aliphatic hydroxyl groups is 3. The predicted molar refractivity (Wildman–Crippen MR) is 46.2 cm³/mol. The minimum absolute atomic E-state index is 0. The molecule has 0 aromatic carbocycles. The van der Waals surface area contributed by atoms with Crippen molar-refractivity contribution in [2.45, 2.75) is 37.6 Å². The topological polar surface area (TPSA) is 124 Å². The monoisotopic (exact) mass is 257 g/mol. The van der Waals surface area contributed by atoms with Crippen LogP contribution in [0.4, 0.5) is 0 Å². The summed E-state index contributed by atoms with van der Waals surface area (Å²) >= 11 is 0. The Kier molecular flexibility index (Phi) is 6.16. The first-order chi connectivity index (χ1) is 6.97. The number of hydrogen-bond acceptors (Lipinski definition) is 6. The second-order valence-electron chi connectivity index (χ2n) is 3.48. The highest BCUT2D eigenvalue weighted by Gasteiger charge is 2.46. The van der Waals surface area contributed by atoms with Crippen LogP contribution in [0.3, 0.4) is 0 Å². The molecule has 7 nitrogen and oxygen atoms in total. The van der Waals surface area contributed by atoms with Gasteiger partial charge in [-0.2, -0.15) is 0 Å². The zero-order valence-electron chi connectivity index (χ0n) is 8.75. The maximum Gasteiger partial charge on any atom is 0.305 e. The van der Waals surface area contributed by atoms with E-state index in [9.17, 15) is 15.0 Å². The van der Waals surface area contributed by atoms with Crippen molar-refractivity contribution < 1.29 is 47.7 Å². The van der Waals surface area contributed by atoms with E-state index in [1.165, 1.54) is 6.92 Å². The average Bonchev–Trinajstić information content (AvgIpc) is 2.18. The Bertz CT molecular complexity index is 239. The summed E-state index contributed by atoms with van der Waals surface area (Å²) in [6.45, 7) is 0.726. The lowest BCUT2D eigenvalue weighted by molar-refractivity contribution is -0.497. The van der Waals surface area contributed by atoms with E-state index in [4.69, 9.17) is 14.6 Å². The van der Waals surface area contributed by atoms with E-state index >= 15 is 0 Å². The zero-order chi connectivity index (χ0) is 11.6. The van der Waals surface area contributed by atoms with Crippen LogP contribution in [0.25, 0.3) is 0 Å². The summed E-state index contributed by atoms with van der Waals surface area (Å²) in [6, 6.07) is -0.785. The molecule has 0 aliphatic carbocycles. The van der Waals surface area contributed by atoms with E-state index in [1.54, 1.807) is 0 Å². The van der Waals surface area contributed by atoms with Crippen LogP contribution < -0.4 is 18.1 Å². The minimum atomic E-state index is -1.23. The molecule has 1 heterocycles. The Morgan fingerprint density at radius 3 is 2.44 bits per heavy atom. The first kappa shape index (κ1) is 15.6. The normalized spacial score (nSPS) is 38.7. The molecule has 6 N–H and O–H groups in total. The Morgan fingerprint density at radius 2 is 2.00 bits per heavy atom. The molecule has 0 radical (unpaired) electrons. The van der Waals surface area contributed by atoms with E-state index < -0.39 is 43.2 Å². The Hall–Kier alpha value is -0.440. The van der Waals surface area contributed by atoms with Gasteiger partial charge in [-0.1, -0.05) is 0 Å². The molecule has 5 atom stereocenters. The Morgan fingerprint density at radius 1 is 1.44 bits per heavy atom. The molecule has 0 saturated carbocycles. The first-order valence-corrected chi connectivity index (χ1v) is 4.60. The second-order valence-corrected chi connectivity index (χ2v) is 3.48. The third-order valence-electron chi connectivity index (χ3n) is 2.29. The van der Waals surface area contributed by atoms with E-state index in [-0.39, 0.29) is 12.4 Å². The molecule has 0 amide bonds. The summed E-state index contributed by atoms with van der Waals surface area (Å²) in [6.07, 6.45) is -4.44. The largest absolute Gasteiger partial charge is 1.00 e. The summed E-state index contributed by atoms with van der Waals surface area (Å²) in [7, 11) is 0. The summed E-state index contributed by atoms with van der Waals surface area (Å²) in [5, 5.41) is 27.8. The van der Waals surface area contributed by atoms with E-state index in [1.807, 2.05) is 0 Å². The molecule has 1 aliphatic heterocycles.